The van der Waals surface area contributed by atoms with Gasteiger partial charge in [0.15, 0.2) is 0 Å². The maximum absolute atomic E-state index is 5.22. The lowest BCUT2D eigenvalue weighted by Gasteiger charge is -2.33. The van der Waals surface area contributed by atoms with Crippen molar-refractivity contribution in [2.75, 3.05) is 20.2 Å². The van der Waals surface area contributed by atoms with Crippen molar-refractivity contribution in [3.8, 4) is 0 Å². The molecule has 0 bridgehead atoms. The van der Waals surface area contributed by atoms with Crippen LogP contribution in [0, 0.1) is 5.92 Å². The largest absolute Gasteiger partial charge is 0.376 e. The maximum atomic E-state index is 5.22. The van der Waals surface area contributed by atoms with Crippen LogP contribution in [0.15, 0.2) is 0 Å². The first-order valence-corrected chi connectivity index (χ1v) is 3.11. The lowest BCUT2D eigenvalue weighted by molar-refractivity contribution is -0.102. The van der Waals surface area contributed by atoms with Gasteiger partial charge in [-0.25, -0.2) is 0 Å². The summed E-state index contributed by atoms with van der Waals surface area (Å²) in [6.45, 7) is 4.17. The number of hydrogen-bond donors (Lipinski definition) is 1. The SMILES string of the molecule is CNCC1OCC1C. The molecule has 0 aromatic carbocycles. The summed E-state index contributed by atoms with van der Waals surface area (Å²) in [5.41, 5.74) is 0. The molecule has 1 aliphatic rings. The Bertz CT molecular complexity index is 74.9. The van der Waals surface area contributed by atoms with Gasteiger partial charge in [-0.2, -0.15) is 0 Å². The van der Waals surface area contributed by atoms with Crippen molar-refractivity contribution >= 4 is 0 Å². The minimum Gasteiger partial charge on any atom is -0.376 e. The van der Waals surface area contributed by atoms with E-state index >= 15 is 0 Å². The van der Waals surface area contributed by atoms with Crippen LogP contribution >= 0.6 is 0 Å². The number of nitrogens with one attached hydrogen (secondary N) is 1. The average Bonchev–Trinajstić information content (AvgIpc) is 1.79. The van der Waals surface area contributed by atoms with Crippen LogP contribution in [0.25, 0.3) is 0 Å². The highest BCUT2D eigenvalue weighted by Crippen LogP contribution is 2.17. The fraction of sp³-hybridized carbons (Fsp3) is 1.00. The molecule has 1 saturated heterocycles. The van der Waals surface area contributed by atoms with Crippen LogP contribution in [-0.4, -0.2) is 26.3 Å². The fourth-order valence-electron chi connectivity index (χ4n) is 0.886. The smallest absolute Gasteiger partial charge is 0.0746 e. The van der Waals surface area contributed by atoms with Crippen LogP contribution in [0.5, 0.6) is 0 Å². The second-order valence-electron chi connectivity index (χ2n) is 2.41. The lowest BCUT2D eigenvalue weighted by Crippen LogP contribution is -2.43. The van der Waals surface area contributed by atoms with E-state index in [1.54, 1.807) is 0 Å². The summed E-state index contributed by atoms with van der Waals surface area (Å²) in [7, 11) is 1.95. The van der Waals surface area contributed by atoms with Crippen molar-refractivity contribution in [3.63, 3.8) is 0 Å². The first-order chi connectivity index (χ1) is 3.84. The Morgan fingerprint density at radius 2 is 2.50 bits per heavy atom. The van der Waals surface area contributed by atoms with Crippen LogP contribution in [-0.2, 0) is 4.74 Å². The standard InChI is InChI=1S/C6H13NO/c1-5-4-8-6(5)3-7-2/h5-7H,3-4H2,1-2H3. The summed E-state index contributed by atoms with van der Waals surface area (Å²) in [6.07, 6.45) is 0.486. The minimum absolute atomic E-state index is 0.486. The first kappa shape index (κ1) is 6.05. The van der Waals surface area contributed by atoms with Crippen molar-refractivity contribution in [2.45, 2.75) is 13.0 Å². The van der Waals surface area contributed by atoms with Gasteiger partial charge in [-0.15, -0.1) is 0 Å². The first-order valence-electron chi connectivity index (χ1n) is 3.11. The Morgan fingerprint density at radius 3 is 2.62 bits per heavy atom. The van der Waals surface area contributed by atoms with E-state index in [4.69, 9.17) is 4.74 Å². The van der Waals surface area contributed by atoms with Crippen LogP contribution in [0.1, 0.15) is 6.92 Å². The van der Waals surface area contributed by atoms with Gasteiger partial charge in [0.2, 0.25) is 0 Å². The van der Waals surface area contributed by atoms with Crippen molar-refractivity contribution in [1.82, 2.24) is 5.32 Å². The van der Waals surface area contributed by atoms with E-state index < -0.39 is 0 Å². The fourth-order valence-corrected chi connectivity index (χ4v) is 0.886. The normalized spacial score (nSPS) is 36.8. The summed E-state index contributed by atoms with van der Waals surface area (Å²) in [4.78, 5) is 0. The predicted octanol–water partition coefficient (Wildman–Crippen LogP) is 0.241. The lowest BCUT2D eigenvalue weighted by atomic mass is 10.0. The number of rotatable bonds is 2. The molecular weight excluding hydrogens is 102 g/mol. The molecular formula is C6H13NO. The Balaban J connectivity index is 2.08. The van der Waals surface area contributed by atoms with Gasteiger partial charge in [-0.05, 0) is 7.05 Å². The summed E-state index contributed by atoms with van der Waals surface area (Å²) < 4.78 is 5.22. The van der Waals surface area contributed by atoms with Gasteiger partial charge < -0.3 is 10.1 Å². The quantitative estimate of drug-likeness (QED) is 0.556. The molecule has 1 fully saturated rings. The maximum Gasteiger partial charge on any atom is 0.0746 e. The molecule has 0 aromatic heterocycles. The molecule has 1 N–H and O–H groups in total. The average molecular weight is 115 g/mol. The van der Waals surface area contributed by atoms with Crippen LogP contribution in [0.3, 0.4) is 0 Å². The summed E-state index contributed by atoms with van der Waals surface area (Å²) in [5, 5.41) is 3.08. The Labute approximate surface area is 50.2 Å². The van der Waals surface area contributed by atoms with Crippen molar-refractivity contribution < 1.29 is 4.74 Å². The summed E-state index contributed by atoms with van der Waals surface area (Å²) in [5.74, 6) is 0.766. The van der Waals surface area contributed by atoms with Gasteiger partial charge in [0.05, 0.1) is 12.7 Å². The topological polar surface area (TPSA) is 21.3 Å². The number of ether oxygens (including phenoxy) is 1. The molecule has 8 heavy (non-hydrogen) atoms. The van der Waals surface area contributed by atoms with E-state index in [9.17, 15) is 0 Å². The van der Waals surface area contributed by atoms with Crippen LogP contribution < -0.4 is 5.32 Å². The van der Waals surface area contributed by atoms with Gasteiger partial charge in [0, 0.05) is 12.5 Å². The van der Waals surface area contributed by atoms with E-state index in [-0.39, 0.29) is 0 Å². The van der Waals surface area contributed by atoms with Crippen LogP contribution in [0.4, 0.5) is 0 Å². The zero-order chi connectivity index (χ0) is 5.98. The number of hydrogen-bond acceptors (Lipinski definition) is 2. The zero-order valence-corrected chi connectivity index (χ0v) is 5.48. The van der Waals surface area contributed by atoms with E-state index in [0.29, 0.717) is 6.10 Å². The Kier molecular flexibility index (Phi) is 1.86. The molecule has 0 aromatic rings. The predicted molar refractivity (Wildman–Crippen MR) is 32.8 cm³/mol. The second kappa shape index (κ2) is 2.46. The van der Waals surface area contributed by atoms with Crippen molar-refractivity contribution in [2.24, 2.45) is 5.92 Å². The van der Waals surface area contributed by atoms with Crippen molar-refractivity contribution in [3.05, 3.63) is 0 Å². The van der Waals surface area contributed by atoms with Gasteiger partial charge in [0.1, 0.15) is 0 Å². The highest BCUT2D eigenvalue weighted by atomic mass is 16.5. The van der Waals surface area contributed by atoms with E-state index in [0.717, 1.165) is 19.1 Å². The molecule has 2 unspecified atom stereocenters. The highest BCUT2D eigenvalue weighted by Gasteiger charge is 2.26. The molecule has 1 heterocycles. The third-order valence-electron chi connectivity index (χ3n) is 1.61. The third kappa shape index (κ3) is 1.01. The molecule has 1 rings (SSSR count). The molecule has 0 spiro atoms. The summed E-state index contributed by atoms with van der Waals surface area (Å²) >= 11 is 0. The minimum atomic E-state index is 0.486. The number of likely N-dealkylation sites (N-methyl/N-ethyl adjacent to an activating group) is 1. The molecule has 48 valence electrons. The van der Waals surface area contributed by atoms with Crippen molar-refractivity contribution in [1.29, 1.82) is 0 Å². The summed E-state index contributed by atoms with van der Waals surface area (Å²) in [6, 6.07) is 0. The molecule has 0 aliphatic carbocycles. The van der Waals surface area contributed by atoms with E-state index in [2.05, 4.69) is 12.2 Å². The highest BCUT2D eigenvalue weighted by molar-refractivity contribution is 4.75. The monoisotopic (exact) mass is 115 g/mol. The third-order valence-corrected chi connectivity index (χ3v) is 1.61. The molecule has 0 amide bonds. The van der Waals surface area contributed by atoms with Gasteiger partial charge in [0.25, 0.3) is 0 Å². The van der Waals surface area contributed by atoms with E-state index in [1.165, 1.54) is 0 Å². The Hall–Kier alpha value is -0.0800. The zero-order valence-electron chi connectivity index (χ0n) is 5.48. The van der Waals surface area contributed by atoms with Gasteiger partial charge in [-0.1, -0.05) is 6.92 Å². The second-order valence-corrected chi connectivity index (χ2v) is 2.41. The van der Waals surface area contributed by atoms with E-state index in [1.807, 2.05) is 7.05 Å². The molecule has 1 aliphatic heterocycles. The Morgan fingerprint density at radius 1 is 1.75 bits per heavy atom. The van der Waals surface area contributed by atoms with Crippen LogP contribution in [0.2, 0.25) is 0 Å². The molecule has 2 atom stereocenters. The molecule has 2 heteroatoms. The molecule has 0 radical (unpaired) electrons. The molecule has 2 nitrogen and oxygen atoms in total. The van der Waals surface area contributed by atoms with Gasteiger partial charge in [-0.3, -0.25) is 0 Å². The van der Waals surface area contributed by atoms with Gasteiger partial charge >= 0.3 is 0 Å². The molecule has 0 saturated carbocycles.